The van der Waals surface area contributed by atoms with Crippen molar-refractivity contribution < 1.29 is 14.7 Å². The van der Waals surface area contributed by atoms with Gasteiger partial charge in [0.2, 0.25) is 11.9 Å². The van der Waals surface area contributed by atoms with E-state index in [0.717, 1.165) is 0 Å². The first-order valence-electron chi connectivity index (χ1n) is 5.52. The van der Waals surface area contributed by atoms with Gasteiger partial charge >= 0.3 is 5.97 Å². The molecule has 0 bridgehead atoms. The number of nitrogens with zero attached hydrogens (tertiary/aromatic N) is 2. The van der Waals surface area contributed by atoms with Crippen LogP contribution in [0.1, 0.15) is 13.8 Å². The highest BCUT2D eigenvalue weighted by atomic mass is 32.2. The van der Waals surface area contributed by atoms with Crippen molar-refractivity contribution in [2.75, 3.05) is 11.1 Å². The molecule has 0 saturated carbocycles. The summed E-state index contributed by atoms with van der Waals surface area (Å²) in [4.78, 5) is 30.2. The summed E-state index contributed by atoms with van der Waals surface area (Å²) in [5.41, 5.74) is 5.56. The van der Waals surface area contributed by atoms with Crippen LogP contribution in [0.5, 0.6) is 0 Å². The molecule has 0 aliphatic heterocycles. The van der Waals surface area contributed by atoms with Gasteiger partial charge < -0.3 is 10.8 Å². The maximum Gasteiger partial charge on any atom is 0.321 e. The highest BCUT2D eigenvalue weighted by molar-refractivity contribution is 8.01. The van der Waals surface area contributed by atoms with Crippen molar-refractivity contribution in [3.8, 4) is 0 Å². The number of hydrogen-bond acceptors (Lipinski definition) is 6. The van der Waals surface area contributed by atoms with E-state index in [9.17, 15) is 9.59 Å². The van der Waals surface area contributed by atoms with Gasteiger partial charge in [0.15, 0.2) is 0 Å². The largest absolute Gasteiger partial charge is 0.480 e. The fourth-order valence-corrected chi connectivity index (χ4v) is 2.02. The average molecular weight is 284 g/mol. The molecule has 0 aliphatic carbocycles. The van der Waals surface area contributed by atoms with E-state index >= 15 is 0 Å². The van der Waals surface area contributed by atoms with E-state index in [1.54, 1.807) is 19.9 Å². The number of rotatable bonds is 6. The monoisotopic (exact) mass is 284 g/mol. The van der Waals surface area contributed by atoms with Gasteiger partial charge in [0.05, 0.1) is 5.75 Å². The predicted octanol–water partition coefficient (Wildman–Crippen LogP) is 0.339. The summed E-state index contributed by atoms with van der Waals surface area (Å²) in [6, 6.07) is 0.595. The Kier molecular flexibility index (Phi) is 5.25. The zero-order valence-corrected chi connectivity index (χ0v) is 11.5. The van der Waals surface area contributed by atoms with Crippen molar-refractivity contribution in [2.45, 2.75) is 24.6 Å². The normalized spacial score (nSPS) is 12.8. The summed E-state index contributed by atoms with van der Waals surface area (Å²) >= 11 is 1.17. The summed E-state index contributed by atoms with van der Waals surface area (Å²) in [7, 11) is 0. The summed E-state index contributed by atoms with van der Waals surface area (Å²) in [5.74, 6) is -1.11. The third-order valence-electron chi connectivity index (χ3n) is 2.41. The van der Waals surface area contributed by atoms with Crippen LogP contribution < -0.4 is 11.1 Å². The second-order valence-corrected chi connectivity index (χ2v) is 5.96. The highest BCUT2D eigenvalue weighted by Gasteiger charge is 2.33. The van der Waals surface area contributed by atoms with Gasteiger partial charge in [0.1, 0.15) is 6.04 Å². The summed E-state index contributed by atoms with van der Waals surface area (Å²) in [6.45, 7) is 3.37. The van der Waals surface area contributed by atoms with Crippen molar-refractivity contribution in [1.82, 2.24) is 9.97 Å². The quantitative estimate of drug-likeness (QED) is 0.689. The van der Waals surface area contributed by atoms with Crippen LogP contribution in [0.4, 0.5) is 5.95 Å². The minimum absolute atomic E-state index is 0.0756. The SMILES string of the molecule is CC(C)(SCC(=O)Nc1ncccn1)[C@@H](N)C(=O)O. The van der Waals surface area contributed by atoms with E-state index in [0.29, 0.717) is 0 Å². The molecule has 8 heteroatoms. The van der Waals surface area contributed by atoms with Gasteiger partial charge in [-0.05, 0) is 19.9 Å². The summed E-state index contributed by atoms with van der Waals surface area (Å²) < 4.78 is -0.749. The van der Waals surface area contributed by atoms with Crippen LogP contribution in [0.25, 0.3) is 0 Å². The Morgan fingerprint density at radius 2 is 2.05 bits per heavy atom. The van der Waals surface area contributed by atoms with Crippen LogP contribution in [0.15, 0.2) is 18.5 Å². The number of aromatic nitrogens is 2. The fraction of sp³-hybridized carbons (Fsp3) is 0.455. The number of amides is 1. The van der Waals surface area contributed by atoms with E-state index in [1.807, 2.05) is 0 Å². The average Bonchev–Trinajstić information content (AvgIpc) is 2.36. The highest BCUT2D eigenvalue weighted by Crippen LogP contribution is 2.27. The van der Waals surface area contributed by atoms with Gasteiger partial charge in [-0.1, -0.05) is 0 Å². The van der Waals surface area contributed by atoms with Crippen molar-refractivity contribution in [1.29, 1.82) is 0 Å². The molecule has 19 heavy (non-hydrogen) atoms. The Balaban J connectivity index is 2.48. The number of aliphatic carboxylic acids is 1. The molecule has 1 rings (SSSR count). The van der Waals surface area contributed by atoms with Crippen molar-refractivity contribution in [3.05, 3.63) is 18.5 Å². The molecule has 1 atom stereocenters. The van der Waals surface area contributed by atoms with Crippen molar-refractivity contribution in [3.63, 3.8) is 0 Å². The second kappa shape index (κ2) is 6.48. The minimum Gasteiger partial charge on any atom is -0.480 e. The maximum atomic E-state index is 11.7. The van der Waals surface area contributed by atoms with Crippen molar-refractivity contribution in [2.24, 2.45) is 5.73 Å². The number of hydrogen-bond donors (Lipinski definition) is 3. The molecule has 0 spiro atoms. The lowest BCUT2D eigenvalue weighted by molar-refractivity contribution is -0.139. The number of carbonyl (C=O) groups is 2. The molecule has 7 nitrogen and oxygen atoms in total. The van der Waals surface area contributed by atoms with E-state index < -0.39 is 16.8 Å². The summed E-state index contributed by atoms with van der Waals surface area (Å²) in [5, 5.41) is 11.4. The molecule has 0 aliphatic rings. The van der Waals surface area contributed by atoms with Crippen LogP contribution >= 0.6 is 11.8 Å². The lowest BCUT2D eigenvalue weighted by atomic mass is 10.1. The molecule has 0 fully saturated rings. The maximum absolute atomic E-state index is 11.7. The van der Waals surface area contributed by atoms with Gasteiger partial charge in [0.25, 0.3) is 0 Å². The van der Waals surface area contributed by atoms with Crippen molar-refractivity contribution >= 4 is 29.6 Å². The Morgan fingerprint density at radius 1 is 1.47 bits per heavy atom. The molecular weight excluding hydrogens is 268 g/mol. The summed E-state index contributed by atoms with van der Waals surface area (Å²) in [6.07, 6.45) is 3.03. The van der Waals surface area contributed by atoms with E-state index in [-0.39, 0.29) is 17.6 Å². The number of carboxylic acids is 1. The Morgan fingerprint density at radius 3 is 2.58 bits per heavy atom. The molecule has 104 valence electrons. The molecule has 1 heterocycles. The van der Waals surface area contributed by atoms with Crippen LogP contribution in [0, 0.1) is 0 Å². The van der Waals surface area contributed by atoms with Crippen LogP contribution in [0.2, 0.25) is 0 Å². The molecular formula is C11H16N4O3S. The number of nitrogens with two attached hydrogens (primary N) is 1. The lowest BCUT2D eigenvalue weighted by Gasteiger charge is -2.27. The first kappa shape index (κ1) is 15.4. The van der Waals surface area contributed by atoms with E-state index in [1.165, 1.54) is 24.2 Å². The Bertz CT molecular complexity index is 453. The molecule has 1 aromatic heterocycles. The lowest BCUT2D eigenvalue weighted by Crippen LogP contribution is -2.47. The van der Waals surface area contributed by atoms with Gasteiger partial charge in [0, 0.05) is 17.1 Å². The Hall–Kier alpha value is -1.67. The van der Waals surface area contributed by atoms with Gasteiger partial charge in [-0.3, -0.25) is 14.9 Å². The second-order valence-electron chi connectivity index (χ2n) is 4.33. The smallest absolute Gasteiger partial charge is 0.321 e. The third kappa shape index (κ3) is 4.84. The molecule has 0 saturated heterocycles. The topological polar surface area (TPSA) is 118 Å². The molecule has 0 radical (unpaired) electrons. The van der Waals surface area contributed by atoms with E-state index in [4.69, 9.17) is 10.8 Å². The van der Waals surface area contributed by atoms with E-state index in [2.05, 4.69) is 15.3 Å². The zero-order valence-electron chi connectivity index (χ0n) is 10.7. The molecule has 4 N–H and O–H groups in total. The first-order chi connectivity index (χ1) is 8.83. The van der Waals surface area contributed by atoms with Crippen LogP contribution in [-0.2, 0) is 9.59 Å². The number of carbonyl (C=O) groups excluding carboxylic acids is 1. The minimum atomic E-state index is -1.09. The third-order valence-corrected chi connectivity index (χ3v) is 3.81. The number of anilines is 1. The molecule has 1 amide bonds. The number of thioether (sulfide) groups is 1. The van der Waals surface area contributed by atoms with Crippen LogP contribution in [0.3, 0.4) is 0 Å². The van der Waals surface area contributed by atoms with Crippen LogP contribution in [-0.4, -0.2) is 43.5 Å². The van der Waals surface area contributed by atoms with Gasteiger partial charge in [-0.15, -0.1) is 11.8 Å². The van der Waals surface area contributed by atoms with Gasteiger partial charge in [-0.25, -0.2) is 9.97 Å². The molecule has 0 aromatic carbocycles. The number of nitrogens with one attached hydrogen (secondary N) is 1. The number of carboxylic acid groups (broad SMARTS) is 1. The van der Waals surface area contributed by atoms with Gasteiger partial charge in [-0.2, -0.15) is 0 Å². The Labute approximate surface area is 115 Å². The molecule has 1 aromatic rings. The zero-order chi connectivity index (χ0) is 14.5. The standard InChI is InChI=1S/C11H16N4O3S/c1-11(2,8(12)9(17)18)19-6-7(16)15-10-13-4-3-5-14-10/h3-5,8H,6,12H2,1-2H3,(H,17,18)(H,13,14,15,16)/t8-/m0/s1. The fourth-order valence-electron chi connectivity index (χ4n) is 1.16. The predicted molar refractivity (Wildman–Crippen MR) is 72.8 cm³/mol. The first-order valence-corrected chi connectivity index (χ1v) is 6.50. The molecule has 0 unspecified atom stereocenters.